The van der Waals surface area contributed by atoms with Gasteiger partial charge in [-0.3, -0.25) is 9.59 Å². The summed E-state index contributed by atoms with van der Waals surface area (Å²) >= 11 is 1.45. The molecule has 0 radical (unpaired) electrons. The van der Waals surface area contributed by atoms with Crippen LogP contribution in [0.2, 0.25) is 0 Å². The number of ketones is 1. The minimum Gasteiger partial charge on any atom is -0.503 e. The first-order valence-electron chi connectivity index (χ1n) is 7.51. The molecule has 0 aliphatic carbocycles. The summed E-state index contributed by atoms with van der Waals surface area (Å²) < 4.78 is 5.16. The number of aliphatic hydroxyl groups excluding tert-OH is 1. The molecule has 0 aromatic carbocycles. The van der Waals surface area contributed by atoms with Gasteiger partial charge < -0.3 is 19.3 Å². The number of likely N-dealkylation sites (N-methyl/N-ethyl adjacent to an activating group) is 1. The van der Waals surface area contributed by atoms with Crippen LogP contribution >= 0.6 is 11.3 Å². The van der Waals surface area contributed by atoms with Gasteiger partial charge in [0.05, 0.1) is 17.9 Å². The molecule has 126 valence electrons. The second-order valence-corrected chi connectivity index (χ2v) is 6.77. The van der Waals surface area contributed by atoms with Gasteiger partial charge in [-0.15, -0.1) is 11.3 Å². The Bertz CT molecular complexity index is 763. The van der Waals surface area contributed by atoms with E-state index in [0.717, 1.165) is 4.88 Å². The van der Waals surface area contributed by atoms with Crippen LogP contribution in [0.4, 0.5) is 0 Å². The van der Waals surface area contributed by atoms with Crippen LogP contribution in [0.5, 0.6) is 0 Å². The zero-order valence-electron chi connectivity index (χ0n) is 13.4. The van der Waals surface area contributed by atoms with Crippen LogP contribution in [-0.4, -0.2) is 53.8 Å². The molecule has 2 aromatic heterocycles. The maximum atomic E-state index is 12.8. The molecule has 3 heterocycles. The number of hydrogen-bond donors (Lipinski definition) is 1. The molecule has 0 saturated carbocycles. The third-order valence-corrected chi connectivity index (χ3v) is 4.82. The van der Waals surface area contributed by atoms with Crippen molar-refractivity contribution < 1.29 is 19.1 Å². The quantitative estimate of drug-likeness (QED) is 0.814. The molecule has 0 bridgehead atoms. The highest BCUT2D eigenvalue weighted by Crippen LogP contribution is 2.40. The number of thiophene rings is 1. The molecule has 1 atom stereocenters. The van der Waals surface area contributed by atoms with Crippen molar-refractivity contribution in [2.45, 2.75) is 6.04 Å². The van der Waals surface area contributed by atoms with Gasteiger partial charge >= 0.3 is 0 Å². The van der Waals surface area contributed by atoms with Crippen LogP contribution in [0.15, 0.2) is 51.7 Å². The lowest BCUT2D eigenvalue weighted by Crippen LogP contribution is -2.36. The van der Waals surface area contributed by atoms with Gasteiger partial charge in [-0.2, -0.15) is 0 Å². The van der Waals surface area contributed by atoms with Gasteiger partial charge in [-0.1, -0.05) is 6.07 Å². The molecule has 1 amide bonds. The number of aliphatic hydroxyl groups is 1. The highest BCUT2D eigenvalue weighted by atomic mass is 32.1. The Morgan fingerprint density at radius 2 is 2.17 bits per heavy atom. The van der Waals surface area contributed by atoms with E-state index in [0.29, 0.717) is 13.1 Å². The SMILES string of the molecule is CN(C)CCN1C(=O)C(O)=C(C(=O)c2ccco2)C1c1cccs1. The highest BCUT2D eigenvalue weighted by Gasteiger charge is 2.44. The number of carbonyl (C=O) groups is 2. The third kappa shape index (κ3) is 2.88. The minimum absolute atomic E-state index is 0.0798. The smallest absolute Gasteiger partial charge is 0.290 e. The Balaban J connectivity index is 2.01. The van der Waals surface area contributed by atoms with E-state index >= 15 is 0 Å². The Morgan fingerprint density at radius 1 is 1.38 bits per heavy atom. The van der Waals surface area contributed by atoms with Crippen LogP contribution in [0.25, 0.3) is 0 Å². The van der Waals surface area contributed by atoms with Gasteiger partial charge in [0.25, 0.3) is 5.91 Å². The molecule has 24 heavy (non-hydrogen) atoms. The summed E-state index contributed by atoms with van der Waals surface area (Å²) in [5.41, 5.74) is 0.0798. The standard InChI is InChI=1S/C17H18N2O4S/c1-18(2)7-8-19-14(12-6-4-10-24-12)13(16(21)17(19)22)15(20)11-5-3-9-23-11/h3-6,9-10,14,21H,7-8H2,1-2H3. The first-order valence-corrected chi connectivity index (χ1v) is 8.39. The summed E-state index contributed by atoms with van der Waals surface area (Å²) in [6.45, 7) is 1.04. The lowest BCUT2D eigenvalue weighted by molar-refractivity contribution is -0.129. The number of hydrogen-bond acceptors (Lipinski definition) is 6. The fraction of sp³-hybridized carbons (Fsp3) is 0.294. The van der Waals surface area contributed by atoms with Crippen LogP contribution in [0.3, 0.4) is 0 Å². The molecular weight excluding hydrogens is 328 g/mol. The molecule has 3 rings (SSSR count). The first kappa shape index (κ1) is 16.5. The normalized spacial score (nSPS) is 18.0. The molecule has 6 nitrogen and oxygen atoms in total. The average molecular weight is 346 g/mol. The Morgan fingerprint density at radius 3 is 2.75 bits per heavy atom. The van der Waals surface area contributed by atoms with E-state index in [2.05, 4.69) is 0 Å². The predicted molar refractivity (Wildman–Crippen MR) is 90.0 cm³/mol. The average Bonchev–Trinajstić information content (AvgIpc) is 3.27. The predicted octanol–water partition coefficient (Wildman–Crippen LogP) is 2.48. The van der Waals surface area contributed by atoms with E-state index in [1.54, 1.807) is 6.07 Å². The summed E-state index contributed by atoms with van der Waals surface area (Å²) in [4.78, 5) is 29.6. The molecule has 0 spiro atoms. The number of carbonyl (C=O) groups excluding carboxylic acids is 2. The molecule has 0 saturated heterocycles. The molecule has 1 unspecified atom stereocenters. The highest BCUT2D eigenvalue weighted by molar-refractivity contribution is 7.10. The molecule has 0 fully saturated rings. The molecule has 1 aliphatic heterocycles. The largest absolute Gasteiger partial charge is 0.503 e. The van der Waals surface area contributed by atoms with Crippen molar-refractivity contribution in [3.8, 4) is 0 Å². The maximum absolute atomic E-state index is 12.8. The lowest BCUT2D eigenvalue weighted by Gasteiger charge is -2.26. The number of nitrogens with zero attached hydrogens (tertiary/aromatic N) is 2. The van der Waals surface area contributed by atoms with Crippen LogP contribution in [0.1, 0.15) is 21.5 Å². The second kappa shape index (κ2) is 6.62. The van der Waals surface area contributed by atoms with Gasteiger partial charge in [0.2, 0.25) is 5.78 Å². The van der Waals surface area contributed by atoms with E-state index in [4.69, 9.17) is 4.42 Å². The zero-order chi connectivity index (χ0) is 17.3. The van der Waals surface area contributed by atoms with Crippen molar-refractivity contribution in [3.63, 3.8) is 0 Å². The topological polar surface area (TPSA) is 74.0 Å². The van der Waals surface area contributed by atoms with E-state index in [1.807, 2.05) is 36.5 Å². The van der Waals surface area contributed by atoms with E-state index in [-0.39, 0.29) is 11.3 Å². The monoisotopic (exact) mass is 346 g/mol. The summed E-state index contributed by atoms with van der Waals surface area (Å²) in [6.07, 6.45) is 1.39. The Kier molecular flexibility index (Phi) is 4.55. The van der Waals surface area contributed by atoms with Gasteiger partial charge in [-0.05, 0) is 37.7 Å². The number of rotatable bonds is 6. The van der Waals surface area contributed by atoms with Crippen molar-refractivity contribution in [1.82, 2.24) is 9.80 Å². The fourth-order valence-corrected chi connectivity index (χ4v) is 3.55. The van der Waals surface area contributed by atoms with E-state index < -0.39 is 23.5 Å². The lowest BCUT2D eigenvalue weighted by atomic mass is 10.0. The van der Waals surface area contributed by atoms with E-state index in [1.165, 1.54) is 28.6 Å². The number of amides is 1. The van der Waals surface area contributed by atoms with Gasteiger partial charge in [0.1, 0.15) is 0 Å². The molecule has 2 aromatic rings. The van der Waals surface area contributed by atoms with Crippen LogP contribution < -0.4 is 0 Å². The van der Waals surface area contributed by atoms with Crippen molar-refractivity contribution in [2.75, 3.05) is 27.2 Å². The Hall–Kier alpha value is -2.38. The van der Waals surface area contributed by atoms with E-state index in [9.17, 15) is 14.7 Å². The summed E-state index contributed by atoms with van der Waals surface area (Å²) in [5.74, 6) is -1.37. The van der Waals surface area contributed by atoms with Crippen molar-refractivity contribution >= 4 is 23.0 Å². The minimum atomic E-state index is -0.588. The Labute approximate surface area is 143 Å². The third-order valence-electron chi connectivity index (χ3n) is 3.89. The maximum Gasteiger partial charge on any atom is 0.290 e. The van der Waals surface area contributed by atoms with Crippen molar-refractivity contribution in [3.05, 3.63) is 57.9 Å². The van der Waals surface area contributed by atoms with Crippen LogP contribution in [0, 0.1) is 0 Å². The number of furan rings is 1. The van der Waals surface area contributed by atoms with Gasteiger partial charge in [0, 0.05) is 18.0 Å². The fourth-order valence-electron chi connectivity index (χ4n) is 2.71. The number of Topliss-reactive ketones (excluding diaryl/α,β-unsaturated/α-hetero) is 1. The first-order chi connectivity index (χ1) is 11.5. The molecule has 1 N–H and O–H groups in total. The zero-order valence-corrected chi connectivity index (χ0v) is 14.2. The van der Waals surface area contributed by atoms with Crippen molar-refractivity contribution in [1.29, 1.82) is 0 Å². The second-order valence-electron chi connectivity index (χ2n) is 5.79. The molecular formula is C17H18N2O4S. The summed E-state index contributed by atoms with van der Waals surface area (Å²) in [5, 5.41) is 12.2. The van der Waals surface area contributed by atoms with Gasteiger partial charge in [0.15, 0.2) is 11.5 Å². The summed E-state index contributed by atoms with van der Waals surface area (Å²) in [6, 6.07) is 6.26. The van der Waals surface area contributed by atoms with Crippen molar-refractivity contribution in [2.24, 2.45) is 0 Å². The summed E-state index contributed by atoms with van der Waals surface area (Å²) in [7, 11) is 3.81. The molecule has 1 aliphatic rings. The van der Waals surface area contributed by atoms with Crippen LogP contribution in [-0.2, 0) is 4.79 Å². The molecule has 7 heteroatoms. The van der Waals surface area contributed by atoms with Gasteiger partial charge in [-0.25, -0.2) is 0 Å².